The number of pyridine rings is 1. The Bertz CT molecular complexity index is 838. The molecule has 2 aromatic rings. The summed E-state index contributed by atoms with van der Waals surface area (Å²) in [6, 6.07) is 5.78. The zero-order valence-corrected chi connectivity index (χ0v) is 14.9. The molecule has 0 atom stereocenters. The van der Waals surface area contributed by atoms with Crippen molar-refractivity contribution in [1.29, 1.82) is 0 Å². The third-order valence-corrected chi connectivity index (χ3v) is 4.40. The number of nitrogens with zero attached hydrogens (tertiary/aromatic N) is 4. The summed E-state index contributed by atoms with van der Waals surface area (Å²) in [5.41, 5.74) is 1.80. The Hall–Kier alpha value is -2.41. The molecule has 6 nitrogen and oxygen atoms in total. The Balaban J connectivity index is 2.04. The van der Waals surface area contributed by atoms with Gasteiger partial charge in [-0.3, -0.25) is 10.1 Å². The Kier molecular flexibility index (Phi) is 4.28. The number of hydrogen-bond donors (Lipinski definition) is 0. The van der Waals surface area contributed by atoms with Crippen LogP contribution in [0.2, 0.25) is 5.15 Å². The number of benzene rings is 1. The van der Waals surface area contributed by atoms with Gasteiger partial charge in [-0.1, -0.05) is 11.6 Å². The molecule has 8 heteroatoms. The summed E-state index contributed by atoms with van der Waals surface area (Å²) < 4.78 is 13.6. The van der Waals surface area contributed by atoms with Gasteiger partial charge in [0.25, 0.3) is 0 Å². The van der Waals surface area contributed by atoms with Crippen molar-refractivity contribution in [1.82, 2.24) is 4.98 Å². The van der Waals surface area contributed by atoms with Gasteiger partial charge >= 0.3 is 5.69 Å². The summed E-state index contributed by atoms with van der Waals surface area (Å²) in [5.74, 6) is -0.840. The molecule has 25 heavy (non-hydrogen) atoms. The number of halogens is 2. The molecule has 0 aliphatic carbocycles. The Labute approximate surface area is 150 Å². The Morgan fingerprint density at radius 2 is 2.04 bits per heavy atom. The fraction of sp³-hybridized carbons (Fsp3) is 0.353. The third kappa shape index (κ3) is 3.37. The highest BCUT2D eigenvalue weighted by atomic mass is 35.5. The summed E-state index contributed by atoms with van der Waals surface area (Å²) in [4.78, 5) is 18.6. The molecule has 1 aliphatic rings. The minimum atomic E-state index is -0.840. The zero-order chi connectivity index (χ0) is 18.4. The van der Waals surface area contributed by atoms with Crippen LogP contribution < -0.4 is 9.80 Å². The monoisotopic (exact) mass is 364 g/mol. The first-order valence-corrected chi connectivity index (χ1v) is 8.15. The largest absolute Gasteiger partial charge is 0.349 e. The molecule has 1 aromatic carbocycles. The molecular weight excluding hydrogens is 347 g/mol. The predicted octanol–water partition coefficient (Wildman–Crippen LogP) is 4.36. The van der Waals surface area contributed by atoms with Crippen LogP contribution in [0.5, 0.6) is 0 Å². The Morgan fingerprint density at radius 3 is 2.68 bits per heavy atom. The maximum atomic E-state index is 13.6. The molecule has 0 spiro atoms. The van der Waals surface area contributed by atoms with E-state index >= 15 is 0 Å². The van der Waals surface area contributed by atoms with Gasteiger partial charge in [0.2, 0.25) is 5.82 Å². The highest BCUT2D eigenvalue weighted by Gasteiger charge is 2.31. The van der Waals surface area contributed by atoms with E-state index in [1.807, 2.05) is 11.0 Å². The minimum Gasteiger partial charge on any atom is -0.349 e. The first-order chi connectivity index (χ1) is 11.7. The van der Waals surface area contributed by atoms with Crippen LogP contribution in [0.15, 0.2) is 30.5 Å². The molecule has 132 valence electrons. The van der Waals surface area contributed by atoms with Crippen LogP contribution in [0.25, 0.3) is 0 Å². The second-order valence-electron chi connectivity index (χ2n) is 6.97. The van der Waals surface area contributed by atoms with Gasteiger partial charge in [0.15, 0.2) is 0 Å². The number of anilines is 2. The predicted molar refractivity (Wildman–Crippen MR) is 95.6 cm³/mol. The molecule has 0 radical (unpaired) electrons. The van der Waals surface area contributed by atoms with Crippen molar-refractivity contribution in [2.75, 3.05) is 16.5 Å². The lowest BCUT2D eigenvalue weighted by atomic mass is 10.0. The molecule has 0 amide bonds. The van der Waals surface area contributed by atoms with Gasteiger partial charge in [0.05, 0.1) is 11.6 Å². The molecule has 0 saturated carbocycles. The van der Waals surface area contributed by atoms with Crippen LogP contribution in [0.3, 0.4) is 0 Å². The van der Waals surface area contributed by atoms with E-state index in [0.29, 0.717) is 24.1 Å². The number of hydrogen-bond acceptors (Lipinski definition) is 5. The van der Waals surface area contributed by atoms with Gasteiger partial charge < -0.3 is 9.80 Å². The topological polar surface area (TPSA) is 62.5 Å². The quantitative estimate of drug-likeness (QED) is 0.450. The van der Waals surface area contributed by atoms with Crippen molar-refractivity contribution in [2.24, 2.45) is 0 Å². The summed E-state index contributed by atoms with van der Waals surface area (Å²) in [7, 11) is 0. The van der Waals surface area contributed by atoms with Gasteiger partial charge in [-0.2, -0.15) is 4.39 Å². The van der Waals surface area contributed by atoms with Crippen LogP contribution in [-0.4, -0.2) is 22.1 Å². The van der Waals surface area contributed by atoms with Crippen LogP contribution >= 0.6 is 11.6 Å². The average molecular weight is 365 g/mol. The lowest BCUT2D eigenvalue weighted by molar-refractivity contribution is -0.387. The zero-order valence-electron chi connectivity index (χ0n) is 14.2. The average Bonchev–Trinajstić information content (AvgIpc) is 2.53. The van der Waals surface area contributed by atoms with E-state index < -0.39 is 16.4 Å². The molecule has 0 N–H and O–H groups in total. The highest BCUT2D eigenvalue weighted by molar-refractivity contribution is 6.29. The normalized spacial score (nSPS) is 14.4. The number of rotatable bonds is 2. The molecule has 1 aliphatic heterocycles. The maximum absolute atomic E-state index is 13.6. The van der Waals surface area contributed by atoms with E-state index in [1.165, 1.54) is 6.07 Å². The first kappa shape index (κ1) is 17.4. The van der Waals surface area contributed by atoms with Gasteiger partial charge in [0, 0.05) is 41.3 Å². The lowest BCUT2D eigenvalue weighted by Crippen LogP contribution is -2.51. The van der Waals surface area contributed by atoms with Crippen LogP contribution in [0, 0.1) is 15.9 Å². The van der Waals surface area contributed by atoms with Gasteiger partial charge in [0.1, 0.15) is 5.15 Å². The van der Waals surface area contributed by atoms with Crippen LogP contribution in [0.1, 0.15) is 26.3 Å². The van der Waals surface area contributed by atoms with E-state index in [-0.39, 0.29) is 5.54 Å². The molecule has 0 fully saturated rings. The minimum absolute atomic E-state index is 0.204. The van der Waals surface area contributed by atoms with Crippen molar-refractivity contribution in [2.45, 2.75) is 32.9 Å². The van der Waals surface area contributed by atoms with Crippen molar-refractivity contribution < 1.29 is 9.31 Å². The second kappa shape index (κ2) is 6.15. The summed E-state index contributed by atoms with van der Waals surface area (Å²) in [6.45, 7) is 7.22. The maximum Gasteiger partial charge on any atom is 0.306 e. The summed E-state index contributed by atoms with van der Waals surface area (Å²) in [5, 5.41) is 11.4. The van der Waals surface area contributed by atoms with E-state index in [2.05, 4.69) is 30.7 Å². The van der Waals surface area contributed by atoms with Gasteiger partial charge in [-0.05, 0) is 39.0 Å². The van der Waals surface area contributed by atoms with Crippen molar-refractivity contribution in [3.05, 3.63) is 57.1 Å². The first-order valence-electron chi connectivity index (χ1n) is 7.78. The highest BCUT2D eigenvalue weighted by Crippen LogP contribution is 2.36. The molecular formula is C17H18ClFN4O2. The second-order valence-corrected chi connectivity index (χ2v) is 7.35. The molecule has 0 unspecified atom stereocenters. The number of nitro benzene ring substituents is 1. The van der Waals surface area contributed by atoms with E-state index in [9.17, 15) is 14.5 Å². The van der Waals surface area contributed by atoms with Gasteiger partial charge in [-0.25, -0.2) is 4.98 Å². The Morgan fingerprint density at radius 1 is 1.32 bits per heavy atom. The van der Waals surface area contributed by atoms with Crippen molar-refractivity contribution >= 4 is 28.7 Å². The standard InChI is InChI=1S/C17H18ClFN4O2/c1-17(2,3)22-10-21(9-11-8-20-16(18)7-14(11)22)12-4-5-13(19)15(6-12)23(24)25/h4-8H,9-10H2,1-3H3. The summed E-state index contributed by atoms with van der Waals surface area (Å²) >= 11 is 6.05. The number of aromatic nitrogens is 1. The van der Waals surface area contributed by atoms with Crippen molar-refractivity contribution in [3.63, 3.8) is 0 Å². The molecule has 3 rings (SSSR count). The lowest BCUT2D eigenvalue weighted by Gasteiger charge is -2.46. The number of fused-ring (bicyclic) bond motifs is 1. The van der Waals surface area contributed by atoms with E-state index in [1.54, 1.807) is 12.3 Å². The molecule has 1 aromatic heterocycles. The SMILES string of the molecule is CC(C)(C)N1CN(c2ccc(F)c([N+](=O)[O-])c2)Cc2cnc(Cl)cc21. The molecule has 2 heterocycles. The number of nitro groups is 1. The fourth-order valence-corrected chi connectivity index (χ4v) is 3.06. The third-order valence-electron chi connectivity index (χ3n) is 4.19. The van der Waals surface area contributed by atoms with Crippen LogP contribution in [0.4, 0.5) is 21.5 Å². The smallest absolute Gasteiger partial charge is 0.306 e. The molecule has 0 bridgehead atoms. The van der Waals surface area contributed by atoms with Crippen LogP contribution in [-0.2, 0) is 6.54 Å². The van der Waals surface area contributed by atoms with Crippen molar-refractivity contribution in [3.8, 4) is 0 Å². The van der Waals surface area contributed by atoms with E-state index in [4.69, 9.17) is 11.6 Å². The fourth-order valence-electron chi connectivity index (χ4n) is 2.91. The van der Waals surface area contributed by atoms with E-state index in [0.717, 1.165) is 17.3 Å². The molecule has 0 saturated heterocycles. The summed E-state index contributed by atoms with van der Waals surface area (Å²) in [6.07, 6.45) is 1.71. The van der Waals surface area contributed by atoms with Gasteiger partial charge in [-0.15, -0.1) is 0 Å².